The predicted octanol–water partition coefficient (Wildman–Crippen LogP) is 5.08. The van der Waals surface area contributed by atoms with Gasteiger partial charge in [0, 0.05) is 5.69 Å². The molecule has 0 heterocycles. The molecule has 0 fully saturated rings. The van der Waals surface area contributed by atoms with Crippen molar-refractivity contribution in [2.45, 2.75) is 0 Å². The maximum atomic E-state index is 12.4. The lowest BCUT2D eigenvalue weighted by atomic mass is 10.2. The van der Waals surface area contributed by atoms with Crippen molar-refractivity contribution in [1.82, 2.24) is 0 Å². The van der Waals surface area contributed by atoms with Crippen LogP contribution in [-0.2, 0) is 4.79 Å². The molecular formula is C20H16ClNO2. The van der Waals surface area contributed by atoms with Gasteiger partial charge in [-0.1, -0.05) is 60.1 Å². The highest BCUT2D eigenvalue weighted by molar-refractivity contribution is 6.33. The number of carbonyl (C=O) groups is 1. The summed E-state index contributed by atoms with van der Waals surface area (Å²) in [6.07, 6.45) is 0. The summed E-state index contributed by atoms with van der Waals surface area (Å²) in [5, 5.41) is 0.578. The van der Waals surface area contributed by atoms with E-state index in [1.165, 1.54) is 0 Å². The first-order valence-corrected chi connectivity index (χ1v) is 7.95. The Morgan fingerprint density at radius 3 is 2.08 bits per heavy atom. The number of benzene rings is 3. The Bertz CT molecular complexity index is 806. The quantitative estimate of drug-likeness (QED) is 0.480. The Morgan fingerprint density at radius 2 is 1.42 bits per heavy atom. The zero-order chi connectivity index (χ0) is 16.8. The summed E-state index contributed by atoms with van der Waals surface area (Å²) in [5.41, 5.74) is 1.63. The number of rotatable bonds is 5. The van der Waals surface area contributed by atoms with Gasteiger partial charge in [-0.2, -0.15) is 0 Å². The van der Waals surface area contributed by atoms with Gasteiger partial charge in [0.1, 0.15) is 12.3 Å². The Hall–Kier alpha value is -2.78. The van der Waals surface area contributed by atoms with E-state index in [0.29, 0.717) is 10.8 Å². The Morgan fingerprint density at radius 1 is 0.833 bits per heavy atom. The highest BCUT2D eigenvalue weighted by atomic mass is 35.5. The van der Waals surface area contributed by atoms with Gasteiger partial charge < -0.3 is 9.64 Å². The molecule has 0 saturated heterocycles. The number of anilines is 2. The van der Waals surface area contributed by atoms with Crippen LogP contribution in [-0.4, -0.2) is 12.5 Å². The maximum Gasteiger partial charge on any atom is 0.331 e. The van der Waals surface area contributed by atoms with Crippen LogP contribution in [0.15, 0.2) is 84.9 Å². The van der Waals surface area contributed by atoms with Crippen molar-refractivity contribution in [3.63, 3.8) is 0 Å². The van der Waals surface area contributed by atoms with Gasteiger partial charge in [0.15, 0.2) is 0 Å². The number of ether oxygens (including phenoxy) is 1. The van der Waals surface area contributed by atoms with Crippen molar-refractivity contribution in [2.24, 2.45) is 0 Å². The summed E-state index contributed by atoms with van der Waals surface area (Å²) in [6, 6.07) is 26.1. The third-order valence-corrected chi connectivity index (χ3v) is 3.79. The SMILES string of the molecule is O=C(CN(c1ccccc1)c1ccccc1Cl)Oc1ccccc1. The number of nitrogens with zero attached hydrogens (tertiary/aromatic N) is 1. The highest BCUT2D eigenvalue weighted by Crippen LogP contribution is 2.31. The van der Waals surface area contributed by atoms with Gasteiger partial charge in [0.05, 0.1) is 10.7 Å². The Balaban J connectivity index is 1.86. The molecule has 0 aliphatic heterocycles. The molecule has 3 rings (SSSR count). The predicted molar refractivity (Wildman–Crippen MR) is 97.0 cm³/mol. The second-order valence-corrected chi connectivity index (χ2v) is 5.57. The van der Waals surface area contributed by atoms with Gasteiger partial charge in [0.2, 0.25) is 0 Å². The van der Waals surface area contributed by atoms with Gasteiger partial charge in [-0.15, -0.1) is 0 Å². The summed E-state index contributed by atoms with van der Waals surface area (Å²) in [6.45, 7) is 0.0582. The largest absolute Gasteiger partial charge is 0.425 e. The molecule has 3 nitrogen and oxygen atoms in total. The molecule has 3 aromatic rings. The zero-order valence-electron chi connectivity index (χ0n) is 12.9. The molecule has 0 bridgehead atoms. The van der Waals surface area contributed by atoms with Crippen LogP contribution in [0.2, 0.25) is 5.02 Å². The summed E-state index contributed by atoms with van der Waals surface area (Å²) in [5.74, 6) is 0.166. The van der Waals surface area contributed by atoms with Gasteiger partial charge in [-0.25, -0.2) is 4.79 Å². The van der Waals surface area contributed by atoms with E-state index in [-0.39, 0.29) is 12.5 Å². The first-order valence-electron chi connectivity index (χ1n) is 7.57. The van der Waals surface area contributed by atoms with E-state index in [1.807, 2.05) is 71.6 Å². The standard InChI is InChI=1S/C20H16ClNO2/c21-18-13-7-8-14-19(18)22(16-9-3-1-4-10-16)15-20(23)24-17-11-5-2-6-12-17/h1-14H,15H2. The average molecular weight is 338 g/mol. The number of hydrogen-bond acceptors (Lipinski definition) is 3. The first kappa shape index (κ1) is 16.1. The molecule has 0 saturated carbocycles. The lowest BCUT2D eigenvalue weighted by molar-refractivity contribution is -0.132. The highest BCUT2D eigenvalue weighted by Gasteiger charge is 2.17. The molecule has 3 aromatic carbocycles. The van der Waals surface area contributed by atoms with Crippen molar-refractivity contribution in [3.8, 4) is 5.75 Å². The van der Waals surface area contributed by atoms with Crippen LogP contribution in [0.4, 0.5) is 11.4 Å². The zero-order valence-corrected chi connectivity index (χ0v) is 13.7. The smallest absolute Gasteiger partial charge is 0.331 e. The normalized spacial score (nSPS) is 10.2. The number of carbonyl (C=O) groups excluding carboxylic acids is 1. The van der Waals surface area contributed by atoms with Crippen molar-refractivity contribution in [1.29, 1.82) is 0 Å². The monoisotopic (exact) mass is 337 g/mol. The minimum Gasteiger partial charge on any atom is -0.425 e. The molecule has 24 heavy (non-hydrogen) atoms. The van der Waals surface area contributed by atoms with E-state index in [0.717, 1.165) is 11.4 Å². The number of para-hydroxylation sites is 3. The second kappa shape index (κ2) is 7.66. The van der Waals surface area contributed by atoms with E-state index in [9.17, 15) is 4.79 Å². The van der Waals surface area contributed by atoms with Crippen molar-refractivity contribution >= 4 is 28.9 Å². The van der Waals surface area contributed by atoms with Crippen molar-refractivity contribution in [3.05, 3.63) is 90.0 Å². The molecule has 0 unspecified atom stereocenters. The van der Waals surface area contributed by atoms with Crippen LogP contribution in [0.3, 0.4) is 0 Å². The molecule has 0 aliphatic rings. The molecule has 0 aromatic heterocycles. The van der Waals surface area contributed by atoms with Crippen LogP contribution < -0.4 is 9.64 Å². The summed E-state index contributed by atoms with van der Waals surface area (Å²) in [4.78, 5) is 14.2. The molecule has 120 valence electrons. The maximum absolute atomic E-state index is 12.4. The van der Waals surface area contributed by atoms with E-state index < -0.39 is 0 Å². The molecule has 4 heteroatoms. The van der Waals surface area contributed by atoms with E-state index >= 15 is 0 Å². The van der Waals surface area contributed by atoms with Crippen molar-refractivity contribution in [2.75, 3.05) is 11.4 Å². The van der Waals surface area contributed by atoms with Gasteiger partial charge in [-0.05, 0) is 36.4 Å². The fourth-order valence-electron chi connectivity index (χ4n) is 2.38. The molecular weight excluding hydrogens is 322 g/mol. The molecule has 0 aliphatic carbocycles. The Labute approximate surface area is 146 Å². The van der Waals surface area contributed by atoms with Crippen LogP contribution in [0.25, 0.3) is 0 Å². The Kier molecular flexibility index (Phi) is 5.14. The van der Waals surface area contributed by atoms with Crippen LogP contribution in [0, 0.1) is 0 Å². The molecule has 0 N–H and O–H groups in total. The molecule has 0 amide bonds. The fourth-order valence-corrected chi connectivity index (χ4v) is 2.61. The van der Waals surface area contributed by atoms with Crippen LogP contribution in [0.5, 0.6) is 5.75 Å². The summed E-state index contributed by atoms with van der Waals surface area (Å²) in [7, 11) is 0. The number of hydrogen-bond donors (Lipinski definition) is 0. The van der Waals surface area contributed by atoms with Crippen LogP contribution in [0.1, 0.15) is 0 Å². The fraction of sp³-hybridized carbons (Fsp3) is 0.0500. The van der Waals surface area contributed by atoms with E-state index in [4.69, 9.17) is 16.3 Å². The molecule has 0 spiro atoms. The van der Waals surface area contributed by atoms with Crippen LogP contribution >= 0.6 is 11.6 Å². The van der Waals surface area contributed by atoms with Gasteiger partial charge >= 0.3 is 5.97 Å². The first-order chi connectivity index (χ1) is 11.7. The van der Waals surface area contributed by atoms with Crippen molar-refractivity contribution < 1.29 is 9.53 Å². The topological polar surface area (TPSA) is 29.5 Å². The number of esters is 1. The third-order valence-electron chi connectivity index (χ3n) is 3.47. The molecule has 0 atom stereocenters. The lowest BCUT2D eigenvalue weighted by Gasteiger charge is -2.25. The molecule has 0 radical (unpaired) electrons. The van der Waals surface area contributed by atoms with E-state index in [1.54, 1.807) is 18.2 Å². The summed E-state index contributed by atoms with van der Waals surface area (Å²) < 4.78 is 5.40. The van der Waals surface area contributed by atoms with Gasteiger partial charge in [-0.3, -0.25) is 0 Å². The average Bonchev–Trinajstić information content (AvgIpc) is 2.62. The number of halogens is 1. The minimum absolute atomic E-state index is 0.0582. The van der Waals surface area contributed by atoms with Gasteiger partial charge in [0.25, 0.3) is 0 Å². The second-order valence-electron chi connectivity index (χ2n) is 5.16. The lowest BCUT2D eigenvalue weighted by Crippen LogP contribution is -2.28. The summed E-state index contributed by atoms with van der Waals surface area (Å²) >= 11 is 6.32. The minimum atomic E-state index is -0.357. The third kappa shape index (κ3) is 3.94. The van der Waals surface area contributed by atoms with E-state index in [2.05, 4.69) is 0 Å².